The number of nitrogen functional groups attached to an aromatic ring is 2. The van der Waals surface area contributed by atoms with Crippen LogP contribution < -0.4 is 16.6 Å². The summed E-state index contributed by atoms with van der Waals surface area (Å²) in [6.45, 7) is 1.95. The van der Waals surface area contributed by atoms with Gasteiger partial charge < -0.3 is 11.5 Å². The van der Waals surface area contributed by atoms with Gasteiger partial charge in [-0.05, 0) is 31.2 Å². The molecular formula is C20H17N9O2S. The Hall–Kier alpha value is -4.34. The number of rotatable bonds is 4. The van der Waals surface area contributed by atoms with Crippen LogP contribution in [-0.2, 0) is 10.0 Å². The molecule has 4 aromatic rings. The van der Waals surface area contributed by atoms with Crippen molar-refractivity contribution < 1.29 is 8.42 Å². The molecule has 0 bridgehead atoms. The highest BCUT2D eigenvalue weighted by Crippen LogP contribution is 2.34. The van der Waals surface area contributed by atoms with Gasteiger partial charge in [0.15, 0.2) is 17.2 Å². The van der Waals surface area contributed by atoms with Crippen molar-refractivity contribution in [1.29, 1.82) is 5.26 Å². The number of nitriles is 1. The molecule has 0 amide bonds. The molecule has 2 aromatic carbocycles. The zero-order chi connectivity index (χ0) is 23.0. The van der Waals surface area contributed by atoms with Gasteiger partial charge in [0.25, 0.3) is 0 Å². The summed E-state index contributed by atoms with van der Waals surface area (Å²) in [5.74, 6) is 0.0813. The third kappa shape index (κ3) is 3.73. The summed E-state index contributed by atoms with van der Waals surface area (Å²) < 4.78 is 24.0. The summed E-state index contributed by atoms with van der Waals surface area (Å²) in [6.07, 6.45) is 0. The second kappa shape index (κ2) is 7.73. The molecule has 11 nitrogen and oxygen atoms in total. The maximum atomic E-state index is 11.4. The Bertz CT molecular complexity index is 1520. The number of azo groups is 1. The number of hydrogen-bond donors (Lipinski definition) is 3. The molecule has 6 N–H and O–H groups in total. The van der Waals surface area contributed by atoms with Crippen LogP contribution in [0.2, 0.25) is 0 Å². The monoisotopic (exact) mass is 447 g/mol. The maximum absolute atomic E-state index is 11.4. The summed E-state index contributed by atoms with van der Waals surface area (Å²) in [4.78, 5) is 4.51. The second-order valence-corrected chi connectivity index (χ2v) is 8.47. The van der Waals surface area contributed by atoms with E-state index < -0.39 is 10.0 Å². The largest absolute Gasteiger partial charge is 0.382 e. The minimum Gasteiger partial charge on any atom is -0.382 e. The van der Waals surface area contributed by atoms with Gasteiger partial charge in [-0.1, -0.05) is 29.8 Å². The molecule has 0 saturated heterocycles. The molecule has 0 fully saturated rings. The third-order valence-electron chi connectivity index (χ3n) is 4.67. The van der Waals surface area contributed by atoms with Crippen molar-refractivity contribution in [2.45, 2.75) is 11.8 Å². The fourth-order valence-electron chi connectivity index (χ4n) is 3.01. The van der Waals surface area contributed by atoms with Crippen molar-refractivity contribution in [1.82, 2.24) is 14.6 Å². The fourth-order valence-corrected chi connectivity index (χ4v) is 3.53. The molecule has 0 spiro atoms. The summed E-state index contributed by atoms with van der Waals surface area (Å²) in [6, 6.07) is 15.1. The fraction of sp³-hybridized carbons (Fsp3) is 0.0500. The number of hydrogen-bond acceptors (Lipinski definition) is 9. The Labute approximate surface area is 182 Å². The highest BCUT2D eigenvalue weighted by atomic mass is 32.2. The Kier molecular flexibility index (Phi) is 5.05. The number of benzene rings is 2. The van der Waals surface area contributed by atoms with Crippen LogP contribution in [0.15, 0.2) is 63.7 Å². The van der Waals surface area contributed by atoms with E-state index in [4.69, 9.17) is 16.6 Å². The van der Waals surface area contributed by atoms with Gasteiger partial charge in [-0.3, -0.25) is 0 Å². The zero-order valence-corrected chi connectivity index (χ0v) is 17.6. The van der Waals surface area contributed by atoms with Crippen LogP contribution in [0.25, 0.3) is 16.9 Å². The van der Waals surface area contributed by atoms with Crippen LogP contribution in [0.5, 0.6) is 0 Å². The first-order valence-electron chi connectivity index (χ1n) is 9.18. The topological polar surface area (TPSA) is 191 Å². The standard InChI is InChI=1S/C20H17N9O2S/c1-11-2-4-12(5-3-11)16-15(10-21)19(23)29-20(25-16)17(18(22)28-29)27-26-13-6-8-14(9-7-13)32(24,30)31/h2-9H,23H2,1H3,(H2,22,28)(H2,24,30,31). The molecule has 2 heterocycles. The van der Waals surface area contributed by atoms with E-state index >= 15 is 0 Å². The molecule has 0 atom stereocenters. The molecule has 0 saturated carbocycles. The lowest BCUT2D eigenvalue weighted by atomic mass is 10.1. The van der Waals surface area contributed by atoms with Gasteiger partial charge in [0, 0.05) is 5.56 Å². The van der Waals surface area contributed by atoms with Crippen molar-refractivity contribution in [2.75, 3.05) is 11.5 Å². The average Bonchev–Trinajstić information content (AvgIpc) is 3.08. The number of sulfonamides is 1. The van der Waals surface area contributed by atoms with E-state index in [1.165, 1.54) is 28.8 Å². The van der Waals surface area contributed by atoms with Crippen LogP contribution in [0.4, 0.5) is 23.0 Å². The van der Waals surface area contributed by atoms with Gasteiger partial charge in [0.2, 0.25) is 10.0 Å². The molecule has 0 aliphatic heterocycles. The Morgan fingerprint density at radius 1 is 1.03 bits per heavy atom. The molecule has 4 rings (SSSR count). The molecule has 0 aliphatic carbocycles. The number of aryl methyl sites for hydroxylation is 1. The molecular weight excluding hydrogens is 430 g/mol. The van der Waals surface area contributed by atoms with Crippen LogP contribution in [0.1, 0.15) is 11.1 Å². The summed E-state index contributed by atoms with van der Waals surface area (Å²) >= 11 is 0. The molecule has 2 aromatic heterocycles. The van der Waals surface area contributed by atoms with Gasteiger partial charge in [0.05, 0.1) is 16.3 Å². The van der Waals surface area contributed by atoms with Crippen molar-refractivity contribution in [3.05, 3.63) is 59.7 Å². The smallest absolute Gasteiger partial charge is 0.238 e. The molecule has 12 heteroatoms. The zero-order valence-electron chi connectivity index (χ0n) is 16.8. The second-order valence-electron chi connectivity index (χ2n) is 6.91. The predicted octanol–water partition coefficient (Wildman–Crippen LogP) is 2.80. The quantitative estimate of drug-likeness (QED) is 0.400. The van der Waals surface area contributed by atoms with Crippen LogP contribution in [0, 0.1) is 18.3 Å². The van der Waals surface area contributed by atoms with Gasteiger partial charge in [-0.2, -0.15) is 14.9 Å². The Morgan fingerprint density at radius 3 is 2.28 bits per heavy atom. The van der Waals surface area contributed by atoms with E-state index in [0.29, 0.717) is 16.9 Å². The number of anilines is 2. The first-order chi connectivity index (χ1) is 15.2. The van der Waals surface area contributed by atoms with E-state index in [-0.39, 0.29) is 33.4 Å². The van der Waals surface area contributed by atoms with Crippen molar-refractivity contribution >= 4 is 38.7 Å². The lowest BCUT2D eigenvalue weighted by Gasteiger charge is -2.08. The van der Waals surface area contributed by atoms with Gasteiger partial charge in [-0.25, -0.2) is 18.5 Å². The molecule has 32 heavy (non-hydrogen) atoms. The summed E-state index contributed by atoms with van der Waals surface area (Å²) in [7, 11) is -3.81. The maximum Gasteiger partial charge on any atom is 0.238 e. The number of fused-ring (bicyclic) bond motifs is 1. The minimum atomic E-state index is -3.81. The first kappa shape index (κ1) is 20.9. The molecule has 160 valence electrons. The molecule has 0 aliphatic rings. The Balaban J connectivity index is 1.84. The van der Waals surface area contributed by atoms with Crippen LogP contribution >= 0.6 is 0 Å². The normalized spacial score (nSPS) is 11.8. The molecule has 0 radical (unpaired) electrons. The SMILES string of the molecule is Cc1ccc(-c2nc3c(N=Nc4ccc(S(N)(=O)=O)cc4)c(N)nn3c(N)c2C#N)cc1. The van der Waals surface area contributed by atoms with Crippen LogP contribution in [-0.4, -0.2) is 23.0 Å². The van der Waals surface area contributed by atoms with Crippen LogP contribution in [0.3, 0.4) is 0 Å². The summed E-state index contributed by atoms with van der Waals surface area (Å²) in [5, 5.41) is 27.1. The minimum absolute atomic E-state index is 0.0130. The van der Waals surface area contributed by atoms with E-state index in [1.54, 1.807) is 0 Å². The van der Waals surface area contributed by atoms with E-state index in [0.717, 1.165) is 5.56 Å². The first-order valence-corrected chi connectivity index (χ1v) is 10.7. The van der Waals surface area contributed by atoms with Gasteiger partial charge in [-0.15, -0.1) is 10.2 Å². The van der Waals surface area contributed by atoms with E-state index in [2.05, 4.69) is 26.4 Å². The van der Waals surface area contributed by atoms with E-state index in [9.17, 15) is 13.7 Å². The highest BCUT2D eigenvalue weighted by Gasteiger charge is 2.20. The number of aromatic nitrogens is 3. The number of nitrogens with zero attached hydrogens (tertiary/aromatic N) is 6. The third-order valence-corrected chi connectivity index (χ3v) is 5.60. The average molecular weight is 447 g/mol. The van der Waals surface area contributed by atoms with E-state index in [1.807, 2.05) is 31.2 Å². The number of nitrogens with two attached hydrogens (primary N) is 3. The molecule has 0 unspecified atom stereocenters. The van der Waals surface area contributed by atoms with Gasteiger partial charge in [0.1, 0.15) is 17.5 Å². The van der Waals surface area contributed by atoms with Crippen molar-refractivity contribution in [2.24, 2.45) is 15.4 Å². The van der Waals surface area contributed by atoms with Crippen molar-refractivity contribution in [3.8, 4) is 17.3 Å². The Morgan fingerprint density at radius 2 is 1.69 bits per heavy atom. The predicted molar refractivity (Wildman–Crippen MR) is 119 cm³/mol. The number of primary sulfonamides is 1. The summed E-state index contributed by atoms with van der Waals surface area (Å²) in [5.41, 5.74) is 15.2. The highest BCUT2D eigenvalue weighted by molar-refractivity contribution is 7.89. The lowest BCUT2D eigenvalue weighted by molar-refractivity contribution is 0.598. The lowest BCUT2D eigenvalue weighted by Crippen LogP contribution is -2.11. The van der Waals surface area contributed by atoms with Crippen molar-refractivity contribution in [3.63, 3.8) is 0 Å². The van der Waals surface area contributed by atoms with Gasteiger partial charge >= 0.3 is 0 Å².